The maximum atomic E-state index is 12.6. The minimum absolute atomic E-state index is 0.158. The van der Waals surface area contributed by atoms with Gasteiger partial charge >= 0.3 is 0 Å². The summed E-state index contributed by atoms with van der Waals surface area (Å²) in [5.74, 6) is -0.332. The fourth-order valence-electron chi connectivity index (χ4n) is 2.59. The number of fused-ring (bicyclic) bond motifs is 1. The second kappa shape index (κ2) is 5.53. The number of carbonyl (C=O) groups excluding carboxylic acids is 1. The van der Waals surface area contributed by atoms with Crippen LogP contribution in [-0.2, 0) is 6.54 Å². The van der Waals surface area contributed by atoms with E-state index in [1.54, 1.807) is 0 Å². The van der Waals surface area contributed by atoms with E-state index in [9.17, 15) is 19.7 Å². The molecule has 2 aromatic carbocycles. The molecule has 3 rings (SSSR count). The number of non-ortho nitro benzene ring substituents is 1. The molecular weight excluding hydrogens is 298 g/mol. The fourth-order valence-corrected chi connectivity index (χ4v) is 2.59. The smallest absolute Gasteiger partial charge is 0.273 e. The molecule has 7 nitrogen and oxygen atoms in total. The van der Waals surface area contributed by atoms with Crippen molar-refractivity contribution in [2.75, 3.05) is 0 Å². The summed E-state index contributed by atoms with van der Waals surface area (Å²) in [5, 5.41) is 11.1. The standard InChI is InChI=1S/C16H13N3O4/c1-11(20)18-15-8-7-13(19(22)23)9-14(15)16(21)17(18)10-12-5-3-2-4-6-12/h2-9H,10H2,1H3. The molecule has 0 unspecified atom stereocenters. The lowest BCUT2D eigenvalue weighted by molar-refractivity contribution is -0.384. The Bertz CT molecular complexity index is 970. The molecule has 0 spiro atoms. The van der Waals surface area contributed by atoms with E-state index in [1.807, 2.05) is 30.3 Å². The van der Waals surface area contributed by atoms with Crippen LogP contribution in [0.2, 0.25) is 0 Å². The Balaban J connectivity index is 2.26. The Labute approximate surface area is 130 Å². The summed E-state index contributed by atoms with van der Waals surface area (Å²) in [4.78, 5) is 34.9. The topological polar surface area (TPSA) is 87.1 Å². The summed E-state index contributed by atoms with van der Waals surface area (Å²) in [5.41, 5.74) is 0.614. The monoisotopic (exact) mass is 311 g/mol. The summed E-state index contributed by atoms with van der Waals surface area (Å²) >= 11 is 0. The van der Waals surface area contributed by atoms with E-state index in [1.165, 1.54) is 34.5 Å². The van der Waals surface area contributed by atoms with Crippen molar-refractivity contribution >= 4 is 22.5 Å². The van der Waals surface area contributed by atoms with Crippen LogP contribution in [0.3, 0.4) is 0 Å². The van der Waals surface area contributed by atoms with E-state index in [0.717, 1.165) is 5.56 Å². The number of nitro groups is 1. The Morgan fingerprint density at radius 2 is 1.87 bits per heavy atom. The fraction of sp³-hybridized carbons (Fsp3) is 0.125. The average Bonchev–Trinajstić information content (AvgIpc) is 2.80. The molecule has 0 saturated heterocycles. The lowest BCUT2D eigenvalue weighted by Crippen LogP contribution is -2.26. The second-order valence-corrected chi connectivity index (χ2v) is 5.14. The van der Waals surface area contributed by atoms with E-state index in [0.29, 0.717) is 5.52 Å². The normalized spacial score (nSPS) is 10.8. The van der Waals surface area contributed by atoms with Crippen LogP contribution in [-0.4, -0.2) is 20.2 Å². The Morgan fingerprint density at radius 3 is 2.48 bits per heavy atom. The SMILES string of the molecule is CC(=O)n1c2ccc([N+](=O)[O-])cc2c(=O)n1Cc1ccccc1. The van der Waals surface area contributed by atoms with Crippen molar-refractivity contribution in [3.05, 3.63) is 74.6 Å². The number of nitro benzene ring substituents is 1. The van der Waals surface area contributed by atoms with E-state index in [2.05, 4.69) is 0 Å². The first-order valence-corrected chi connectivity index (χ1v) is 6.94. The van der Waals surface area contributed by atoms with E-state index in [-0.39, 0.29) is 23.5 Å². The molecule has 0 fully saturated rings. The Morgan fingerprint density at radius 1 is 1.17 bits per heavy atom. The van der Waals surface area contributed by atoms with E-state index < -0.39 is 10.5 Å². The molecular formula is C16H13N3O4. The van der Waals surface area contributed by atoms with Gasteiger partial charge in [0.2, 0.25) is 5.91 Å². The average molecular weight is 311 g/mol. The molecule has 0 N–H and O–H groups in total. The Hall–Kier alpha value is -3.22. The molecule has 0 aliphatic rings. The third kappa shape index (κ3) is 2.52. The van der Waals surface area contributed by atoms with Crippen molar-refractivity contribution < 1.29 is 9.72 Å². The quantitative estimate of drug-likeness (QED) is 0.549. The second-order valence-electron chi connectivity index (χ2n) is 5.14. The first kappa shape index (κ1) is 14.7. The predicted molar refractivity (Wildman–Crippen MR) is 84.7 cm³/mol. The minimum atomic E-state index is -0.564. The van der Waals surface area contributed by atoms with Crippen molar-refractivity contribution in [3.63, 3.8) is 0 Å². The summed E-state index contributed by atoms with van der Waals surface area (Å²) in [7, 11) is 0. The summed E-state index contributed by atoms with van der Waals surface area (Å²) in [6.07, 6.45) is 0. The van der Waals surface area contributed by atoms with Crippen LogP contribution in [0.15, 0.2) is 53.3 Å². The summed E-state index contributed by atoms with van der Waals surface area (Å²) in [6.45, 7) is 1.56. The van der Waals surface area contributed by atoms with Gasteiger partial charge in [0, 0.05) is 19.1 Å². The van der Waals surface area contributed by atoms with E-state index in [4.69, 9.17) is 0 Å². The van der Waals surface area contributed by atoms with Crippen LogP contribution in [0.4, 0.5) is 5.69 Å². The van der Waals surface area contributed by atoms with Gasteiger partial charge in [-0.3, -0.25) is 19.7 Å². The number of benzene rings is 2. The molecule has 0 aliphatic heterocycles. The maximum Gasteiger partial charge on any atom is 0.275 e. The number of rotatable bonds is 3. The molecule has 116 valence electrons. The predicted octanol–water partition coefficient (Wildman–Crippen LogP) is 2.42. The van der Waals surface area contributed by atoms with Gasteiger partial charge in [0.15, 0.2) is 0 Å². The molecule has 0 saturated carbocycles. The molecule has 1 heterocycles. The zero-order chi connectivity index (χ0) is 16.6. The maximum absolute atomic E-state index is 12.6. The molecule has 7 heteroatoms. The van der Waals surface area contributed by atoms with Crippen molar-refractivity contribution in [3.8, 4) is 0 Å². The van der Waals surface area contributed by atoms with Crippen molar-refractivity contribution in [2.45, 2.75) is 13.5 Å². The minimum Gasteiger partial charge on any atom is -0.273 e. The highest BCUT2D eigenvalue weighted by Crippen LogP contribution is 2.19. The lowest BCUT2D eigenvalue weighted by Gasteiger charge is -2.09. The third-order valence-corrected chi connectivity index (χ3v) is 3.60. The zero-order valence-corrected chi connectivity index (χ0v) is 12.3. The van der Waals surface area contributed by atoms with Crippen LogP contribution < -0.4 is 5.56 Å². The first-order valence-electron chi connectivity index (χ1n) is 6.94. The van der Waals surface area contributed by atoms with Crippen LogP contribution in [0.5, 0.6) is 0 Å². The van der Waals surface area contributed by atoms with Crippen molar-refractivity contribution in [2.24, 2.45) is 0 Å². The molecule has 3 aromatic rings. The number of carbonyl (C=O) groups is 1. The van der Waals surface area contributed by atoms with Crippen LogP contribution >= 0.6 is 0 Å². The molecule has 0 atom stereocenters. The number of hydrogen-bond donors (Lipinski definition) is 0. The zero-order valence-electron chi connectivity index (χ0n) is 12.3. The van der Waals surface area contributed by atoms with Crippen LogP contribution in [0.25, 0.3) is 10.9 Å². The summed E-state index contributed by atoms with van der Waals surface area (Å²) in [6, 6.07) is 13.1. The summed E-state index contributed by atoms with van der Waals surface area (Å²) < 4.78 is 2.56. The van der Waals surface area contributed by atoms with E-state index >= 15 is 0 Å². The van der Waals surface area contributed by atoms with Crippen molar-refractivity contribution in [1.82, 2.24) is 9.36 Å². The van der Waals surface area contributed by atoms with Gasteiger partial charge in [-0.2, -0.15) is 0 Å². The largest absolute Gasteiger partial charge is 0.275 e. The lowest BCUT2D eigenvalue weighted by atomic mass is 10.2. The van der Waals surface area contributed by atoms with Gasteiger partial charge in [-0.05, 0) is 11.6 Å². The van der Waals surface area contributed by atoms with Gasteiger partial charge in [-0.25, -0.2) is 9.36 Å². The first-order chi connectivity index (χ1) is 11.0. The Kier molecular flexibility index (Phi) is 3.53. The van der Waals surface area contributed by atoms with Gasteiger partial charge < -0.3 is 0 Å². The van der Waals surface area contributed by atoms with Crippen LogP contribution in [0, 0.1) is 10.1 Å². The van der Waals surface area contributed by atoms with Gasteiger partial charge in [-0.1, -0.05) is 30.3 Å². The van der Waals surface area contributed by atoms with Crippen LogP contribution in [0.1, 0.15) is 17.3 Å². The third-order valence-electron chi connectivity index (χ3n) is 3.60. The molecule has 0 aliphatic carbocycles. The number of aromatic nitrogens is 2. The number of nitrogens with zero attached hydrogens (tertiary/aromatic N) is 3. The van der Waals surface area contributed by atoms with Crippen molar-refractivity contribution in [1.29, 1.82) is 0 Å². The molecule has 1 aromatic heterocycles. The number of hydrogen-bond acceptors (Lipinski definition) is 4. The highest BCUT2D eigenvalue weighted by molar-refractivity contribution is 5.90. The molecule has 0 bridgehead atoms. The van der Waals surface area contributed by atoms with Gasteiger partial charge in [0.05, 0.1) is 22.4 Å². The van der Waals surface area contributed by atoms with Gasteiger partial charge in [-0.15, -0.1) is 0 Å². The highest BCUT2D eigenvalue weighted by Gasteiger charge is 2.19. The molecule has 0 radical (unpaired) electrons. The van der Waals surface area contributed by atoms with Gasteiger partial charge in [0.25, 0.3) is 11.2 Å². The van der Waals surface area contributed by atoms with Gasteiger partial charge in [0.1, 0.15) is 0 Å². The molecule has 0 amide bonds. The molecule has 23 heavy (non-hydrogen) atoms. The highest BCUT2D eigenvalue weighted by atomic mass is 16.6.